The van der Waals surface area contributed by atoms with Gasteiger partial charge in [-0.15, -0.1) is 11.8 Å². The number of piperazine rings is 1. The molecule has 58 heavy (non-hydrogen) atoms. The number of nitrogens with zero attached hydrogens (tertiary/aromatic N) is 1. The van der Waals surface area contributed by atoms with Crippen LogP contribution in [0.2, 0.25) is 0 Å². The molecule has 8 rings (SSSR count). The highest BCUT2D eigenvalue weighted by molar-refractivity contribution is 7.99. The number of nitrogens with one attached hydrogen (secondary N) is 2. The molecule has 7 atom stereocenters. The number of fused-ring (bicyclic) bond motifs is 9. The average molecular weight is 826 g/mol. The van der Waals surface area contributed by atoms with Gasteiger partial charge in [0.1, 0.15) is 24.6 Å². The summed E-state index contributed by atoms with van der Waals surface area (Å²) < 4.78 is 76.0. The van der Waals surface area contributed by atoms with Crippen molar-refractivity contribution in [2.24, 2.45) is 0 Å². The van der Waals surface area contributed by atoms with Crippen molar-refractivity contribution < 1.29 is 65.9 Å². The van der Waals surface area contributed by atoms with Crippen molar-refractivity contribution in [2.45, 2.75) is 75.1 Å². The number of carbonyl (C=O) groups is 4. The summed E-state index contributed by atoms with van der Waals surface area (Å²) in [4.78, 5) is 53.7. The van der Waals surface area contributed by atoms with E-state index in [2.05, 4.69) is 5.32 Å². The van der Waals surface area contributed by atoms with E-state index in [1.807, 2.05) is 36.4 Å². The third kappa shape index (κ3) is 6.80. The van der Waals surface area contributed by atoms with Crippen molar-refractivity contribution >= 4 is 41.7 Å². The van der Waals surface area contributed by atoms with Gasteiger partial charge in [-0.3, -0.25) is 14.5 Å². The monoisotopic (exact) mass is 825 g/mol. The lowest BCUT2D eigenvalue weighted by Gasteiger charge is -2.59. The Bertz CT molecular complexity index is 2240. The highest BCUT2D eigenvalue weighted by Crippen LogP contribution is 2.62. The summed E-state index contributed by atoms with van der Waals surface area (Å²) in [5, 5.41) is 16.7. The first-order chi connectivity index (χ1) is 27.7. The molecule has 2 saturated heterocycles. The number of carbonyl (C=O) groups excluding carboxylic acids is 4. The number of thioether (sulfide) groups is 1. The summed E-state index contributed by atoms with van der Waals surface area (Å²) in [6, 6.07) is 5.95. The zero-order valence-electron chi connectivity index (χ0n) is 31.5. The summed E-state index contributed by atoms with van der Waals surface area (Å²) in [6.45, 7) is 3.97. The molecule has 18 heteroatoms. The summed E-state index contributed by atoms with van der Waals surface area (Å²) in [7, 11) is 1.44. The topological polar surface area (TPSA) is 171 Å². The molecule has 3 aromatic carbocycles. The number of hydrogen-bond donors (Lipinski definition) is 3. The van der Waals surface area contributed by atoms with Crippen LogP contribution in [0.15, 0.2) is 42.5 Å². The lowest BCUT2D eigenvalue weighted by molar-refractivity contribution is -0.176. The van der Waals surface area contributed by atoms with Crippen LogP contribution in [0.4, 0.5) is 13.2 Å². The number of aliphatic hydroxyl groups is 1. The Kier molecular flexibility index (Phi) is 10.3. The summed E-state index contributed by atoms with van der Waals surface area (Å²) in [6.07, 6.45) is -3.39. The number of aliphatic hydroxyl groups excluding tert-OH is 1. The van der Waals surface area contributed by atoms with Crippen molar-refractivity contribution in [3.05, 3.63) is 81.4 Å². The second-order valence-electron chi connectivity index (χ2n) is 14.5. The van der Waals surface area contributed by atoms with Crippen molar-refractivity contribution in [2.75, 3.05) is 26.3 Å². The fraction of sp³-hybridized carbons (Fsp3) is 0.400. The van der Waals surface area contributed by atoms with Gasteiger partial charge in [0, 0.05) is 47.0 Å². The molecular formula is C40H38F3N3O11S. The molecule has 14 nitrogen and oxygen atoms in total. The maximum atomic E-state index is 13.6. The molecule has 0 saturated carbocycles. The first-order valence-corrected chi connectivity index (χ1v) is 19.4. The van der Waals surface area contributed by atoms with Crippen LogP contribution < -0.4 is 34.3 Å². The molecule has 0 radical (unpaired) electrons. The van der Waals surface area contributed by atoms with Crippen LogP contribution in [0.3, 0.4) is 0 Å². The van der Waals surface area contributed by atoms with Crippen LogP contribution in [0.5, 0.6) is 28.7 Å². The van der Waals surface area contributed by atoms with E-state index in [9.17, 15) is 37.5 Å². The van der Waals surface area contributed by atoms with E-state index in [4.69, 9.17) is 28.4 Å². The van der Waals surface area contributed by atoms with E-state index in [-0.39, 0.29) is 42.0 Å². The fourth-order valence-corrected chi connectivity index (χ4v) is 10.2. The molecule has 306 valence electrons. The number of rotatable bonds is 6. The molecule has 1 amide bonds. The third-order valence-corrected chi connectivity index (χ3v) is 12.3. The van der Waals surface area contributed by atoms with Gasteiger partial charge in [0.15, 0.2) is 23.0 Å². The Balaban J connectivity index is 1.32. The van der Waals surface area contributed by atoms with Gasteiger partial charge < -0.3 is 44.2 Å². The van der Waals surface area contributed by atoms with Crippen molar-refractivity contribution in [3.63, 3.8) is 0 Å². The second-order valence-corrected chi connectivity index (χ2v) is 15.6. The lowest BCUT2D eigenvalue weighted by Crippen LogP contribution is -2.69. The number of alkyl halides is 3. The average Bonchev–Trinajstić information content (AvgIpc) is 3.68. The standard InChI is InChI=1S/C40H38F3N3O11S/c1-17-12-21-13-22-37(49)46-24-14-53-38(50)23(45-39(51)40(41,42)43)15-58-36(28-27(24)34-33(54-16-55-34)18(2)32(28)56-19(3)47)30(46)29(44-22)26(21)35(31(17)52-4)57-25(48)11-10-20-8-6-5-7-9-20/h5-12,22-24,29-30,36-37,44,49H,13-16H2,1-4H3,(H,45,51)/b11-10+/t22?,23?,24-,29?,30?,36+,37-/m0/s1. The summed E-state index contributed by atoms with van der Waals surface area (Å²) in [5.74, 6) is -4.22. The smallest absolute Gasteiger partial charge is 0.471 e. The molecule has 2 fully saturated rings. The van der Waals surface area contributed by atoms with Crippen LogP contribution in [-0.2, 0) is 30.3 Å². The number of benzene rings is 3. The molecule has 5 aliphatic rings. The SMILES string of the molecule is COc1c(C)cc2c(c1OC(=O)/C=C/c1ccccc1)C1NC(C2)[C@H](O)N2C1[C@@H]1SCC(NC(=O)C(F)(F)F)C(=O)OC[C@H]2c2c3c(c(C)c(OC(C)=O)c21)OCO3. The maximum Gasteiger partial charge on any atom is 0.471 e. The summed E-state index contributed by atoms with van der Waals surface area (Å²) in [5.41, 5.74) is 3.88. The molecule has 0 aliphatic carbocycles. The number of ether oxygens (including phenoxy) is 6. The van der Waals surface area contributed by atoms with Gasteiger partial charge in [0.05, 0.1) is 30.5 Å². The Hall–Kier alpha value is -5.30. The fourth-order valence-electron chi connectivity index (χ4n) is 8.67. The highest BCUT2D eigenvalue weighted by atomic mass is 32.2. The second kappa shape index (κ2) is 15.1. The van der Waals surface area contributed by atoms with Gasteiger partial charge in [0.25, 0.3) is 0 Å². The van der Waals surface area contributed by atoms with Crippen LogP contribution in [-0.4, -0.2) is 90.6 Å². The van der Waals surface area contributed by atoms with Crippen LogP contribution in [0, 0.1) is 13.8 Å². The quantitative estimate of drug-likeness (QED) is 0.183. The van der Waals surface area contributed by atoms with Gasteiger partial charge in [0.2, 0.25) is 6.79 Å². The zero-order chi connectivity index (χ0) is 41.2. The van der Waals surface area contributed by atoms with E-state index < -0.39 is 84.0 Å². The minimum Gasteiger partial charge on any atom is -0.493 e. The number of cyclic esters (lactones) is 1. The minimum atomic E-state index is -5.29. The van der Waals surface area contributed by atoms with E-state index in [1.54, 1.807) is 30.1 Å². The largest absolute Gasteiger partial charge is 0.493 e. The number of halogens is 3. The van der Waals surface area contributed by atoms with Crippen LogP contribution >= 0.6 is 11.8 Å². The molecule has 4 bridgehead atoms. The molecule has 5 heterocycles. The Morgan fingerprint density at radius 1 is 1.02 bits per heavy atom. The summed E-state index contributed by atoms with van der Waals surface area (Å²) >= 11 is 0.992. The Morgan fingerprint density at radius 2 is 1.76 bits per heavy atom. The highest BCUT2D eigenvalue weighted by Gasteiger charge is 2.59. The molecule has 0 aromatic heterocycles. The molecule has 0 spiro atoms. The number of methoxy groups -OCH3 is 1. The van der Waals surface area contributed by atoms with E-state index in [1.165, 1.54) is 20.1 Å². The van der Waals surface area contributed by atoms with E-state index in [0.717, 1.165) is 22.9 Å². The Morgan fingerprint density at radius 3 is 2.47 bits per heavy atom. The minimum absolute atomic E-state index is 0.100. The molecular weight excluding hydrogens is 788 g/mol. The third-order valence-electron chi connectivity index (χ3n) is 10.9. The Labute approximate surface area is 333 Å². The predicted molar refractivity (Wildman–Crippen MR) is 199 cm³/mol. The number of esters is 3. The van der Waals surface area contributed by atoms with Gasteiger partial charge in [-0.1, -0.05) is 36.4 Å². The van der Waals surface area contributed by atoms with Crippen molar-refractivity contribution in [1.82, 2.24) is 15.5 Å². The van der Waals surface area contributed by atoms with Crippen molar-refractivity contribution in [1.29, 1.82) is 0 Å². The number of amides is 1. The number of aryl methyl sites for hydroxylation is 1. The molecule has 3 N–H and O–H groups in total. The van der Waals surface area contributed by atoms with Gasteiger partial charge in [-0.25, -0.2) is 9.59 Å². The van der Waals surface area contributed by atoms with Gasteiger partial charge in [-0.2, -0.15) is 13.2 Å². The first kappa shape index (κ1) is 39.5. The van der Waals surface area contributed by atoms with E-state index in [0.29, 0.717) is 27.8 Å². The normalized spacial score (nSPS) is 25.9. The molecule has 3 aromatic rings. The lowest BCUT2D eigenvalue weighted by atomic mass is 9.74. The first-order valence-electron chi connectivity index (χ1n) is 18.3. The molecule has 5 aliphatic heterocycles. The maximum absolute atomic E-state index is 13.6. The number of hydrogen-bond acceptors (Lipinski definition) is 14. The van der Waals surface area contributed by atoms with Crippen molar-refractivity contribution in [3.8, 4) is 28.7 Å². The zero-order valence-corrected chi connectivity index (χ0v) is 32.3. The van der Waals surface area contributed by atoms with E-state index >= 15 is 0 Å². The van der Waals surface area contributed by atoms with Gasteiger partial charge in [-0.05, 0) is 43.0 Å². The van der Waals surface area contributed by atoms with Crippen LogP contribution in [0.1, 0.15) is 63.2 Å². The van der Waals surface area contributed by atoms with Crippen LogP contribution in [0.25, 0.3) is 6.08 Å². The molecule has 4 unspecified atom stereocenters. The van der Waals surface area contributed by atoms with Gasteiger partial charge >= 0.3 is 30.0 Å². The predicted octanol–water partition coefficient (Wildman–Crippen LogP) is 4.28.